The number of halogens is 1. The second-order valence-corrected chi connectivity index (χ2v) is 11.3. The van der Waals surface area contributed by atoms with Gasteiger partial charge < -0.3 is 4.74 Å². The third-order valence-electron chi connectivity index (χ3n) is 7.00. The van der Waals surface area contributed by atoms with Crippen molar-refractivity contribution in [2.75, 3.05) is 0 Å². The number of Topliss-reactive ketones (excluding diaryl/α,β-unsaturated/α-hetero) is 1. The molecule has 0 amide bonds. The molecule has 1 aliphatic carbocycles. The zero-order valence-electron chi connectivity index (χ0n) is 22.1. The van der Waals surface area contributed by atoms with Crippen LogP contribution in [0.5, 0.6) is 0 Å². The molecule has 2 heterocycles. The van der Waals surface area contributed by atoms with Crippen molar-refractivity contribution in [2.24, 2.45) is 11.8 Å². The van der Waals surface area contributed by atoms with Gasteiger partial charge in [0.15, 0.2) is 5.78 Å². The van der Waals surface area contributed by atoms with E-state index in [2.05, 4.69) is 23.5 Å². The molecule has 6 heteroatoms. The van der Waals surface area contributed by atoms with Crippen molar-refractivity contribution >= 4 is 28.7 Å². The molecular weight excluding hydrogens is 467 g/mol. The minimum atomic E-state index is -0.498. The normalized spacial score (nSPS) is 20.0. The van der Waals surface area contributed by atoms with Crippen LogP contribution in [0.3, 0.4) is 0 Å². The van der Waals surface area contributed by atoms with Crippen molar-refractivity contribution in [2.45, 2.75) is 71.3 Å². The third kappa shape index (κ3) is 6.48. The van der Waals surface area contributed by atoms with Crippen LogP contribution in [-0.4, -0.2) is 27.3 Å². The summed E-state index contributed by atoms with van der Waals surface area (Å²) < 4.78 is 20.1. The molecule has 3 atom stereocenters. The first-order valence-corrected chi connectivity index (χ1v) is 12.9. The molecular formula is C31H35FN2O3. The van der Waals surface area contributed by atoms with Crippen molar-refractivity contribution in [1.29, 1.82) is 0 Å². The van der Waals surface area contributed by atoms with E-state index in [4.69, 9.17) is 4.74 Å². The number of ether oxygens (including phenoxy) is 1. The summed E-state index contributed by atoms with van der Waals surface area (Å²) >= 11 is 0. The van der Waals surface area contributed by atoms with Gasteiger partial charge in [0.25, 0.3) is 0 Å². The predicted molar refractivity (Wildman–Crippen MR) is 144 cm³/mol. The van der Waals surface area contributed by atoms with Crippen molar-refractivity contribution in [3.05, 3.63) is 77.5 Å². The second kappa shape index (κ2) is 10.9. The first-order chi connectivity index (χ1) is 17.5. The highest BCUT2D eigenvalue weighted by Crippen LogP contribution is 2.42. The Hall–Kier alpha value is -3.41. The lowest BCUT2D eigenvalue weighted by Gasteiger charge is -2.34. The van der Waals surface area contributed by atoms with E-state index < -0.39 is 11.4 Å². The molecule has 1 aromatic carbocycles. The Balaban J connectivity index is 1.57. The first-order valence-electron chi connectivity index (χ1n) is 12.9. The molecule has 0 saturated heterocycles. The van der Waals surface area contributed by atoms with E-state index in [1.54, 1.807) is 30.7 Å². The van der Waals surface area contributed by atoms with Gasteiger partial charge in [-0.1, -0.05) is 19.6 Å². The number of hydrogen-bond donors (Lipinski definition) is 0. The van der Waals surface area contributed by atoms with E-state index in [9.17, 15) is 14.0 Å². The lowest BCUT2D eigenvalue weighted by atomic mass is 9.71. The Bertz CT molecular complexity index is 1330. The molecule has 3 aromatic rings. The van der Waals surface area contributed by atoms with Crippen LogP contribution in [0.1, 0.15) is 86.3 Å². The van der Waals surface area contributed by atoms with E-state index in [0.29, 0.717) is 34.4 Å². The van der Waals surface area contributed by atoms with Crippen LogP contribution in [0.25, 0.3) is 17.0 Å². The van der Waals surface area contributed by atoms with Gasteiger partial charge in [-0.15, -0.1) is 0 Å². The van der Waals surface area contributed by atoms with Gasteiger partial charge >= 0.3 is 5.97 Å². The number of carbonyl (C=O) groups excluding carboxylic acids is 2. The molecule has 4 rings (SSSR count). The molecule has 1 aliphatic rings. The van der Waals surface area contributed by atoms with Crippen molar-refractivity contribution in [3.63, 3.8) is 0 Å². The van der Waals surface area contributed by atoms with Gasteiger partial charge in [0, 0.05) is 42.4 Å². The van der Waals surface area contributed by atoms with Crippen LogP contribution in [-0.2, 0) is 16.0 Å². The third-order valence-corrected chi connectivity index (χ3v) is 7.00. The van der Waals surface area contributed by atoms with Crippen molar-refractivity contribution in [3.8, 4) is 0 Å². The van der Waals surface area contributed by atoms with E-state index in [1.165, 1.54) is 12.1 Å². The molecule has 1 fully saturated rings. The Kier molecular flexibility index (Phi) is 7.86. The molecule has 0 N–H and O–H groups in total. The molecule has 1 saturated carbocycles. The summed E-state index contributed by atoms with van der Waals surface area (Å²) in [5.74, 6) is 0.187. The average molecular weight is 503 g/mol. The average Bonchev–Trinajstić information content (AvgIpc) is 2.82. The lowest BCUT2D eigenvalue weighted by molar-refractivity contribution is -0.156. The number of esters is 1. The fourth-order valence-electron chi connectivity index (χ4n) is 5.58. The number of fused-ring (bicyclic) bond motifs is 1. The predicted octanol–water partition coefficient (Wildman–Crippen LogP) is 7.09. The van der Waals surface area contributed by atoms with E-state index in [1.807, 2.05) is 26.8 Å². The monoisotopic (exact) mass is 502 g/mol. The molecule has 5 nitrogen and oxygen atoms in total. The Morgan fingerprint density at radius 3 is 2.68 bits per heavy atom. The Morgan fingerprint density at radius 1 is 1.16 bits per heavy atom. The number of nitrogens with zero attached hydrogens (tertiary/aromatic N) is 2. The van der Waals surface area contributed by atoms with Gasteiger partial charge in [0.2, 0.25) is 0 Å². The van der Waals surface area contributed by atoms with Gasteiger partial charge in [0.05, 0.1) is 5.52 Å². The molecule has 0 bridgehead atoms. The van der Waals surface area contributed by atoms with Crippen LogP contribution in [0.2, 0.25) is 0 Å². The number of pyridine rings is 2. The van der Waals surface area contributed by atoms with Crippen LogP contribution < -0.4 is 0 Å². The summed E-state index contributed by atoms with van der Waals surface area (Å²) in [6.07, 6.45) is 10.1. The maximum Gasteiger partial charge on any atom is 0.306 e. The lowest BCUT2D eigenvalue weighted by Crippen LogP contribution is -2.28. The zero-order chi connectivity index (χ0) is 26.7. The molecule has 37 heavy (non-hydrogen) atoms. The van der Waals surface area contributed by atoms with Gasteiger partial charge in [-0.25, -0.2) is 4.39 Å². The molecule has 0 aliphatic heterocycles. The summed E-state index contributed by atoms with van der Waals surface area (Å²) in [4.78, 5) is 34.6. The zero-order valence-corrected chi connectivity index (χ0v) is 22.1. The number of ketones is 1. The van der Waals surface area contributed by atoms with Crippen LogP contribution in [0, 0.1) is 17.7 Å². The maximum absolute atomic E-state index is 14.5. The summed E-state index contributed by atoms with van der Waals surface area (Å²) in [6.45, 7) is 11.6. The summed E-state index contributed by atoms with van der Waals surface area (Å²) in [5.41, 5.74) is 2.90. The maximum atomic E-state index is 14.5. The second-order valence-electron chi connectivity index (χ2n) is 11.3. The minimum Gasteiger partial charge on any atom is -0.460 e. The highest BCUT2D eigenvalue weighted by atomic mass is 19.1. The smallest absolute Gasteiger partial charge is 0.306 e. The molecule has 194 valence electrons. The van der Waals surface area contributed by atoms with E-state index in [0.717, 1.165) is 30.4 Å². The topological polar surface area (TPSA) is 69.2 Å². The number of aromatic nitrogens is 2. The van der Waals surface area contributed by atoms with E-state index in [-0.39, 0.29) is 30.0 Å². The van der Waals surface area contributed by atoms with E-state index >= 15 is 0 Å². The largest absolute Gasteiger partial charge is 0.460 e. The molecule has 0 spiro atoms. The molecule has 2 aromatic heterocycles. The standard InChI is InChI=1S/C31H35FN2O3/c1-6-20-14-26-27(32)8-7-25(30(26)34-17-20)28(35)16-23-18-33-10-9-24(23)22-12-19(2)11-21(13-22)15-29(36)37-31(3,4)5/h6-10,14,17-19,21-22H,1,11-13,15-16H2,2-5H3/t19-,21+,22-/m1/s1. The van der Waals surface area contributed by atoms with Crippen molar-refractivity contribution < 1.29 is 18.7 Å². The highest BCUT2D eigenvalue weighted by molar-refractivity contribution is 6.07. The highest BCUT2D eigenvalue weighted by Gasteiger charge is 2.31. The quantitative estimate of drug-likeness (QED) is 0.255. The first kappa shape index (κ1) is 26.6. The summed E-state index contributed by atoms with van der Waals surface area (Å²) in [6, 6.07) is 6.48. The number of hydrogen-bond acceptors (Lipinski definition) is 5. The van der Waals surface area contributed by atoms with Gasteiger partial charge in [-0.3, -0.25) is 19.6 Å². The Labute approximate surface area is 218 Å². The summed E-state index contributed by atoms with van der Waals surface area (Å²) in [7, 11) is 0. The fourth-order valence-corrected chi connectivity index (χ4v) is 5.58. The molecule has 0 radical (unpaired) electrons. The minimum absolute atomic E-state index is 0.132. The Morgan fingerprint density at radius 2 is 1.95 bits per heavy atom. The van der Waals surface area contributed by atoms with Crippen LogP contribution >= 0.6 is 0 Å². The molecule has 0 unspecified atom stereocenters. The van der Waals surface area contributed by atoms with Gasteiger partial charge in [-0.05, 0) is 98.7 Å². The summed E-state index contributed by atoms with van der Waals surface area (Å²) in [5, 5.41) is 0.306. The SMILES string of the molecule is C=Cc1cnc2c(C(=O)Cc3cnccc3[C@@H]3C[C@H](C)C[C@H](CC(=O)OC(C)(C)C)C3)ccc(F)c2c1. The fraction of sp³-hybridized carbons (Fsp3) is 0.419. The van der Waals surface area contributed by atoms with Gasteiger partial charge in [0.1, 0.15) is 11.4 Å². The number of carbonyl (C=O) groups is 2. The number of rotatable bonds is 7. The van der Waals surface area contributed by atoms with Crippen LogP contribution in [0.4, 0.5) is 4.39 Å². The van der Waals surface area contributed by atoms with Crippen molar-refractivity contribution in [1.82, 2.24) is 9.97 Å². The van der Waals surface area contributed by atoms with Crippen LogP contribution in [0.15, 0.2) is 49.4 Å². The van der Waals surface area contributed by atoms with Gasteiger partial charge in [-0.2, -0.15) is 0 Å². The number of benzene rings is 1.